The third-order valence-electron chi connectivity index (χ3n) is 6.48. The highest BCUT2D eigenvalue weighted by Crippen LogP contribution is 2.36. The molecule has 2 radical (unpaired) electrons. The molecule has 0 aliphatic heterocycles. The third kappa shape index (κ3) is 4.72. The molecular weight excluding hydrogens is 495 g/mol. The normalized spacial score (nSPS) is 10.9. The molecular formula is C29H25BN4O5. The van der Waals surface area contributed by atoms with Gasteiger partial charge in [-0.05, 0) is 49.4 Å². The van der Waals surface area contributed by atoms with Crippen LogP contribution in [0.25, 0.3) is 16.6 Å². The number of nitrogens with zero attached hydrogens (tertiary/aromatic N) is 3. The molecule has 5 rings (SSSR count). The molecule has 10 heteroatoms. The molecule has 0 aliphatic carbocycles. The maximum Gasteiger partial charge on any atom is 0.284 e. The number of methoxy groups -OCH3 is 2. The fraction of sp³-hybridized carbons (Fsp3) is 0.138. The predicted molar refractivity (Wildman–Crippen MR) is 150 cm³/mol. The summed E-state index contributed by atoms with van der Waals surface area (Å²) >= 11 is 0. The summed E-state index contributed by atoms with van der Waals surface area (Å²) in [4.78, 5) is 30.7. The number of ether oxygens (including phenoxy) is 3. The van der Waals surface area contributed by atoms with Gasteiger partial charge in [-0.2, -0.15) is 0 Å². The van der Waals surface area contributed by atoms with E-state index in [9.17, 15) is 9.59 Å². The molecule has 5 aromatic rings. The monoisotopic (exact) mass is 520 g/mol. The van der Waals surface area contributed by atoms with Crippen LogP contribution in [0.4, 0.5) is 5.69 Å². The maximum absolute atomic E-state index is 13.2. The van der Waals surface area contributed by atoms with Crippen LogP contribution < -0.4 is 30.5 Å². The van der Waals surface area contributed by atoms with Gasteiger partial charge in [-0.15, -0.1) is 0 Å². The van der Waals surface area contributed by atoms with Crippen LogP contribution in [0.15, 0.2) is 77.7 Å². The van der Waals surface area contributed by atoms with E-state index in [-0.39, 0.29) is 5.56 Å². The van der Waals surface area contributed by atoms with Gasteiger partial charge in [0, 0.05) is 30.4 Å². The van der Waals surface area contributed by atoms with Crippen LogP contribution in [0.1, 0.15) is 16.1 Å². The van der Waals surface area contributed by atoms with E-state index in [4.69, 9.17) is 22.1 Å². The Balaban J connectivity index is 1.41. The first-order valence-corrected chi connectivity index (χ1v) is 12.1. The number of carbonyl (C=O) groups is 1. The lowest BCUT2D eigenvalue weighted by atomic mass is 9.94. The Labute approximate surface area is 226 Å². The SMILES string of the molecule is [B]c1cc(NC(=O)c2c(C)n(C)n(-c3ccccc3)c2=O)ccc1Oc1ccnc2cc(OC)c(OC)cc12. The minimum atomic E-state index is -0.531. The van der Waals surface area contributed by atoms with Crippen LogP contribution >= 0.6 is 0 Å². The second-order valence-electron chi connectivity index (χ2n) is 8.78. The van der Waals surface area contributed by atoms with Gasteiger partial charge in [0.05, 0.1) is 31.1 Å². The van der Waals surface area contributed by atoms with Crippen LogP contribution in [0.3, 0.4) is 0 Å². The van der Waals surface area contributed by atoms with Gasteiger partial charge >= 0.3 is 0 Å². The lowest BCUT2D eigenvalue weighted by Gasteiger charge is -2.14. The number of carbonyl (C=O) groups excluding carboxylic acids is 1. The molecule has 0 spiro atoms. The topological polar surface area (TPSA) is 96.6 Å². The summed E-state index contributed by atoms with van der Waals surface area (Å²) in [6.45, 7) is 1.73. The number of amides is 1. The summed E-state index contributed by atoms with van der Waals surface area (Å²) in [5, 5.41) is 3.49. The van der Waals surface area contributed by atoms with E-state index < -0.39 is 11.5 Å². The van der Waals surface area contributed by atoms with Crippen molar-refractivity contribution in [1.82, 2.24) is 14.3 Å². The summed E-state index contributed by atoms with van der Waals surface area (Å²) in [6.07, 6.45) is 1.62. The molecule has 194 valence electrons. The van der Waals surface area contributed by atoms with Crippen molar-refractivity contribution in [2.24, 2.45) is 7.05 Å². The number of aromatic nitrogens is 3. The van der Waals surface area contributed by atoms with Gasteiger partial charge in [0.25, 0.3) is 11.5 Å². The number of benzene rings is 3. The van der Waals surface area contributed by atoms with Crippen molar-refractivity contribution in [2.75, 3.05) is 19.5 Å². The van der Waals surface area contributed by atoms with Crippen molar-refractivity contribution < 1.29 is 19.0 Å². The Bertz CT molecular complexity index is 1760. The molecule has 0 atom stereocenters. The number of hydrogen-bond acceptors (Lipinski definition) is 6. The Kier molecular flexibility index (Phi) is 6.85. The Hall–Kier alpha value is -4.99. The van der Waals surface area contributed by atoms with Gasteiger partial charge in [-0.1, -0.05) is 23.7 Å². The summed E-state index contributed by atoms with van der Waals surface area (Å²) in [5.41, 5.74) is 2.21. The third-order valence-corrected chi connectivity index (χ3v) is 6.48. The summed E-state index contributed by atoms with van der Waals surface area (Å²) < 4.78 is 20.0. The zero-order chi connectivity index (χ0) is 27.7. The molecule has 39 heavy (non-hydrogen) atoms. The van der Waals surface area contributed by atoms with Crippen molar-refractivity contribution in [1.29, 1.82) is 0 Å². The Morgan fingerprint density at radius 1 is 0.923 bits per heavy atom. The lowest BCUT2D eigenvalue weighted by molar-refractivity contribution is 0.102. The van der Waals surface area contributed by atoms with Crippen molar-refractivity contribution >= 4 is 35.8 Å². The Morgan fingerprint density at radius 3 is 2.33 bits per heavy atom. The number of rotatable bonds is 7. The van der Waals surface area contributed by atoms with Crippen molar-refractivity contribution in [3.63, 3.8) is 0 Å². The molecule has 3 aromatic carbocycles. The summed E-state index contributed by atoms with van der Waals surface area (Å²) in [5.74, 6) is 1.47. The van der Waals surface area contributed by atoms with Crippen molar-refractivity contribution in [3.8, 4) is 28.7 Å². The van der Waals surface area contributed by atoms with Crippen LogP contribution in [0.2, 0.25) is 0 Å². The average molecular weight is 520 g/mol. The standard InChI is InChI=1S/C29H25BN4O5/c1-17-27(29(36)34(33(17)2)19-8-6-5-7-9-19)28(35)32-18-10-11-24(21(30)14-18)39-23-12-13-31-22-16-26(38-4)25(37-3)15-20(22)23/h5-16H,1-4H3,(H,32,35). The molecule has 0 saturated heterocycles. The van der Waals surface area contributed by atoms with E-state index >= 15 is 0 Å². The average Bonchev–Trinajstić information content (AvgIpc) is 3.17. The molecule has 0 aliphatic rings. The second-order valence-corrected chi connectivity index (χ2v) is 8.78. The minimum absolute atomic E-state index is 0.0490. The lowest BCUT2D eigenvalue weighted by Crippen LogP contribution is -2.25. The van der Waals surface area contributed by atoms with Crippen LogP contribution in [0.5, 0.6) is 23.0 Å². The molecule has 0 saturated carbocycles. The van der Waals surface area contributed by atoms with Gasteiger partial charge in [0.1, 0.15) is 24.9 Å². The highest BCUT2D eigenvalue weighted by atomic mass is 16.5. The number of para-hydroxylation sites is 1. The van der Waals surface area contributed by atoms with Gasteiger partial charge in [0.2, 0.25) is 0 Å². The molecule has 0 fully saturated rings. The Morgan fingerprint density at radius 2 is 1.64 bits per heavy atom. The zero-order valence-electron chi connectivity index (χ0n) is 21.9. The molecule has 2 heterocycles. The highest BCUT2D eigenvalue weighted by Gasteiger charge is 2.22. The van der Waals surface area contributed by atoms with Crippen LogP contribution in [0, 0.1) is 6.92 Å². The van der Waals surface area contributed by atoms with Crippen molar-refractivity contribution in [2.45, 2.75) is 6.92 Å². The fourth-order valence-electron chi connectivity index (χ4n) is 4.40. The van der Waals surface area contributed by atoms with E-state index in [0.29, 0.717) is 56.4 Å². The molecule has 2 aromatic heterocycles. The first kappa shape index (κ1) is 25.7. The number of fused-ring (bicyclic) bond motifs is 1. The molecule has 0 bridgehead atoms. The molecule has 1 amide bonds. The maximum atomic E-state index is 13.2. The quantitative estimate of drug-likeness (QED) is 0.327. The number of hydrogen-bond donors (Lipinski definition) is 1. The zero-order valence-corrected chi connectivity index (χ0v) is 21.9. The van der Waals surface area contributed by atoms with Gasteiger partial charge in [0.15, 0.2) is 11.5 Å². The van der Waals surface area contributed by atoms with E-state index in [1.54, 1.807) is 87.6 Å². The number of anilines is 1. The molecule has 1 N–H and O–H groups in total. The number of pyridine rings is 1. The molecule has 9 nitrogen and oxygen atoms in total. The van der Waals surface area contributed by atoms with E-state index in [1.165, 1.54) is 4.68 Å². The predicted octanol–water partition coefficient (Wildman–Crippen LogP) is 3.89. The largest absolute Gasteiger partial charge is 0.493 e. The first-order valence-electron chi connectivity index (χ1n) is 12.1. The van der Waals surface area contributed by atoms with E-state index in [2.05, 4.69) is 10.3 Å². The van der Waals surface area contributed by atoms with E-state index in [0.717, 1.165) is 0 Å². The van der Waals surface area contributed by atoms with Crippen LogP contribution in [-0.4, -0.2) is 42.3 Å². The van der Waals surface area contributed by atoms with Crippen LogP contribution in [-0.2, 0) is 7.05 Å². The van der Waals surface area contributed by atoms with E-state index in [1.807, 2.05) is 18.2 Å². The second kappa shape index (κ2) is 10.4. The smallest absolute Gasteiger partial charge is 0.284 e. The summed E-state index contributed by atoms with van der Waals surface area (Å²) in [6, 6.07) is 19.3. The van der Waals surface area contributed by atoms with Gasteiger partial charge in [-0.25, -0.2) is 4.68 Å². The van der Waals surface area contributed by atoms with Crippen molar-refractivity contribution in [3.05, 3.63) is 94.5 Å². The fourth-order valence-corrected chi connectivity index (χ4v) is 4.40. The molecule has 0 unspecified atom stereocenters. The highest BCUT2D eigenvalue weighted by molar-refractivity contribution is 6.34. The van der Waals surface area contributed by atoms with Gasteiger partial charge < -0.3 is 19.5 Å². The number of nitrogens with one attached hydrogen (secondary N) is 1. The first-order chi connectivity index (χ1) is 18.8. The summed E-state index contributed by atoms with van der Waals surface area (Å²) in [7, 11) is 11.1. The minimum Gasteiger partial charge on any atom is -0.493 e. The van der Waals surface area contributed by atoms with Gasteiger partial charge in [-0.3, -0.25) is 19.3 Å².